The average molecular weight is 305 g/mol. The number of carbonyl (C=O) groups is 2. The van der Waals surface area contributed by atoms with E-state index in [1.165, 1.54) is 18.2 Å². The first-order valence-corrected chi connectivity index (χ1v) is 6.51. The first-order chi connectivity index (χ1) is 9.95. The molecule has 2 aromatic rings. The lowest BCUT2D eigenvalue weighted by Gasteiger charge is -2.10. The van der Waals surface area contributed by atoms with Gasteiger partial charge in [0.15, 0.2) is 0 Å². The number of urea groups is 1. The molecule has 21 heavy (non-hydrogen) atoms. The highest BCUT2D eigenvalue weighted by Gasteiger charge is 2.09. The Balaban J connectivity index is 2.13. The summed E-state index contributed by atoms with van der Waals surface area (Å²) in [6.45, 7) is 1.87. The maximum Gasteiger partial charge on any atom is 0.335 e. The van der Waals surface area contributed by atoms with Crippen LogP contribution in [0.3, 0.4) is 0 Å². The minimum Gasteiger partial charge on any atom is -0.478 e. The number of hydrogen-bond acceptors (Lipinski definition) is 2. The van der Waals surface area contributed by atoms with E-state index in [1.807, 2.05) is 25.1 Å². The smallest absolute Gasteiger partial charge is 0.335 e. The minimum atomic E-state index is -1.11. The Morgan fingerprint density at radius 2 is 1.81 bits per heavy atom. The van der Waals surface area contributed by atoms with Crippen molar-refractivity contribution in [2.75, 3.05) is 10.6 Å². The fourth-order valence-corrected chi connectivity index (χ4v) is 2.02. The van der Waals surface area contributed by atoms with Crippen LogP contribution < -0.4 is 10.6 Å². The van der Waals surface area contributed by atoms with Gasteiger partial charge in [-0.2, -0.15) is 0 Å². The third-order valence-electron chi connectivity index (χ3n) is 2.80. The van der Waals surface area contributed by atoms with Gasteiger partial charge in [0.2, 0.25) is 0 Å². The number of aromatic carboxylic acids is 1. The average Bonchev–Trinajstić information content (AvgIpc) is 2.40. The van der Waals surface area contributed by atoms with Gasteiger partial charge in [-0.25, -0.2) is 9.59 Å². The van der Waals surface area contributed by atoms with Gasteiger partial charge in [0.1, 0.15) is 0 Å². The second kappa shape index (κ2) is 6.28. The predicted octanol–water partition coefficient (Wildman–Crippen LogP) is 3.99. The van der Waals surface area contributed by atoms with Crippen LogP contribution in [0.15, 0.2) is 42.5 Å². The molecule has 0 bridgehead atoms. The summed E-state index contributed by atoms with van der Waals surface area (Å²) in [5.74, 6) is -1.11. The number of halogens is 1. The number of carboxylic acids is 1. The summed E-state index contributed by atoms with van der Waals surface area (Å²) in [7, 11) is 0. The summed E-state index contributed by atoms with van der Waals surface area (Å²) >= 11 is 5.83. The van der Waals surface area contributed by atoms with Gasteiger partial charge in [-0.3, -0.25) is 0 Å². The first-order valence-electron chi connectivity index (χ1n) is 6.13. The Morgan fingerprint density at radius 1 is 1.10 bits per heavy atom. The number of amides is 2. The highest BCUT2D eigenvalue weighted by Crippen LogP contribution is 2.20. The molecule has 0 aliphatic carbocycles. The molecule has 2 rings (SSSR count). The number of hydrogen-bond donors (Lipinski definition) is 3. The molecule has 0 saturated heterocycles. The molecule has 0 aromatic heterocycles. The van der Waals surface area contributed by atoms with E-state index in [9.17, 15) is 9.59 Å². The summed E-state index contributed by atoms with van der Waals surface area (Å²) < 4.78 is 0. The van der Waals surface area contributed by atoms with Crippen LogP contribution in [-0.2, 0) is 0 Å². The Bertz CT molecular complexity index is 701. The molecule has 0 atom stereocenters. The molecule has 3 N–H and O–H groups in total. The van der Waals surface area contributed by atoms with Gasteiger partial charge in [-0.1, -0.05) is 29.8 Å². The molecule has 0 aliphatic rings. The van der Waals surface area contributed by atoms with E-state index < -0.39 is 12.0 Å². The van der Waals surface area contributed by atoms with Gasteiger partial charge < -0.3 is 15.7 Å². The summed E-state index contributed by atoms with van der Waals surface area (Å²) in [4.78, 5) is 22.9. The third kappa shape index (κ3) is 3.97. The topological polar surface area (TPSA) is 78.4 Å². The van der Waals surface area contributed by atoms with E-state index in [1.54, 1.807) is 6.07 Å². The van der Waals surface area contributed by atoms with E-state index in [4.69, 9.17) is 16.7 Å². The van der Waals surface area contributed by atoms with Gasteiger partial charge in [-0.05, 0) is 36.8 Å². The number of carbonyl (C=O) groups excluding carboxylic acids is 1. The zero-order valence-electron chi connectivity index (χ0n) is 11.2. The molecule has 108 valence electrons. The molecule has 0 aliphatic heterocycles. The lowest BCUT2D eigenvalue weighted by Crippen LogP contribution is -2.20. The number of carboxylic acid groups (broad SMARTS) is 1. The van der Waals surface area contributed by atoms with E-state index in [-0.39, 0.29) is 10.6 Å². The van der Waals surface area contributed by atoms with Crippen LogP contribution in [-0.4, -0.2) is 17.1 Å². The van der Waals surface area contributed by atoms with Gasteiger partial charge in [0, 0.05) is 16.4 Å². The van der Waals surface area contributed by atoms with Gasteiger partial charge in [0.05, 0.1) is 5.56 Å². The highest BCUT2D eigenvalue weighted by molar-refractivity contribution is 6.31. The minimum absolute atomic E-state index is 0.00805. The van der Waals surface area contributed by atoms with Crippen molar-refractivity contribution < 1.29 is 14.7 Å². The number of anilines is 2. The van der Waals surface area contributed by atoms with E-state index in [0.29, 0.717) is 11.4 Å². The van der Waals surface area contributed by atoms with Crippen LogP contribution in [0.1, 0.15) is 15.9 Å². The summed E-state index contributed by atoms with van der Waals surface area (Å²) in [6.07, 6.45) is 0. The van der Waals surface area contributed by atoms with Gasteiger partial charge in [0.25, 0.3) is 0 Å². The third-order valence-corrected chi connectivity index (χ3v) is 3.01. The maximum absolute atomic E-state index is 11.9. The Hall–Kier alpha value is -2.53. The molecule has 2 aromatic carbocycles. The zero-order valence-corrected chi connectivity index (χ0v) is 11.9. The molecule has 0 unspecified atom stereocenters. The van der Waals surface area contributed by atoms with Crippen molar-refractivity contribution in [3.8, 4) is 0 Å². The van der Waals surface area contributed by atoms with Crippen LogP contribution in [0, 0.1) is 6.92 Å². The zero-order chi connectivity index (χ0) is 15.4. The van der Waals surface area contributed by atoms with Crippen LogP contribution in [0.4, 0.5) is 16.2 Å². The van der Waals surface area contributed by atoms with Crippen molar-refractivity contribution in [1.29, 1.82) is 0 Å². The van der Waals surface area contributed by atoms with Crippen molar-refractivity contribution >= 4 is 35.0 Å². The Morgan fingerprint density at radius 3 is 2.48 bits per heavy atom. The molecule has 0 spiro atoms. The van der Waals surface area contributed by atoms with Crippen LogP contribution in [0.25, 0.3) is 0 Å². The largest absolute Gasteiger partial charge is 0.478 e. The van der Waals surface area contributed by atoms with Gasteiger partial charge in [-0.15, -0.1) is 0 Å². The quantitative estimate of drug-likeness (QED) is 0.802. The maximum atomic E-state index is 11.9. The molecule has 6 heteroatoms. The number of para-hydroxylation sites is 1. The molecular weight excluding hydrogens is 292 g/mol. The van der Waals surface area contributed by atoms with Gasteiger partial charge >= 0.3 is 12.0 Å². The van der Waals surface area contributed by atoms with Crippen molar-refractivity contribution in [2.45, 2.75) is 6.92 Å². The molecule has 0 fully saturated rings. The summed E-state index contributed by atoms with van der Waals surface area (Å²) in [6, 6.07) is 11.0. The Labute approximate surface area is 126 Å². The number of rotatable bonds is 3. The predicted molar refractivity (Wildman–Crippen MR) is 82.2 cm³/mol. The lowest BCUT2D eigenvalue weighted by atomic mass is 10.2. The monoisotopic (exact) mass is 304 g/mol. The molecule has 0 saturated carbocycles. The SMILES string of the molecule is Cc1ccccc1NC(=O)Nc1cc(Cl)cc(C(=O)O)c1. The second-order valence-corrected chi connectivity index (χ2v) is 4.86. The number of benzene rings is 2. The summed E-state index contributed by atoms with van der Waals surface area (Å²) in [5.41, 5.74) is 1.92. The van der Waals surface area contributed by atoms with E-state index >= 15 is 0 Å². The van der Waals surface area contributed by atoms with Crippen molar-refractivity contribution in [1.82, 2.24) is 0 Å². The number of aryl methyl sites for hydroxylation is 1. The molecule has 2 amide bonds. The molecule has 5 nitrogen and oxygen atoms in total. The fraction of sp³-hybridized carbons (Fsp3) is 0.0667. The standard InChI is InChI=1S/C15H13ClN2O3/c1-9-4-2-3-5-13(9)18-15(21)17-12-7-10(14(19)20)6-11(16)8-12/h2-8H,1H3,(H,19,20)(H2,17,18,21). The summed E-state index contributed by atoms with van der Waals surface area (Å²) in [5, 5.41) is 14.4. The van der Waals surface area contributed by atoms with Crippen LogP contribution >= 0.6 is 11.6 Å². The highest BCUT2D eigenvalue weighted by atomic mass is 35.5. The van der Waals surface area contributed by atoms with E-state index in [2.05, 4.69) is 10.6 Å². The normalized spacial score (nSPS) is 10.0. The van der Waals surface area contributed by atoms with Crippen molar-refractivity contribution in [3.63, 3.8) is 0 Å². The lowest BCUT2D eigenvalue weighted by molar-refractivity contribution is 0.0697. The second-order valence-electron chi connectivity index (χ2n) is 4.43. The number of nitrogens with one attached hydrogen (secondary N) is 2. The molecule has 0 radical (unpaired) electrons. The van der Waals surface area contributed by atoms with E-state index in [0.717, 1.165) is 5.56 Å². The van der Waals surface area contributed by atoms with Crippen LogP contribution in [0.5, 0.6) is 0 Å². The van der Waals surface area contributed by atoms with Crippen molar-refractivity contribution in [2.24, 2.45) is 0 Å². The fourth-order valence-electron chi connectivity index (χ4n) is 1.78. The molecular formula is C15H13ClN2O3. The van der Waals surface area contributed by atoms with Crippen molar-refractivity contribution in [3.05, 3.63) is 58.6 Å². The molecule has 0 heterocycles. The van der Waals surface area contributed by atoms with Crippen LogP contribution in [0.2, 0.25) is 5.02 Å². The first kappa shape index (κ1) is 14.9. The Kier molecular flexibility index (Phi) is 4.45.